The summed E-state index contributed by atoms with van der Waals surface area (Å²) < 4.78 is 5.27. The molecule has 0 aliphatic heterocycles. The predicted octanol–water partition coefficient (Wildman–Crippen LogP) is 2.15. The van der Waals surface area contributed by atoms with E-state index in [4.69, 9.17) is 10.2 Å². The van der Waals surface area contributed by atoms with Gasteiger partial charge in [0.05, 0.1) is 24.5 Å². The summed E-state index contributed by atoms with van der Waals surface area (Å²) in [6, 6.07) is 3.24. The van der Waals surface area contributed by atoms with Gasteiger partial charge in [-0.05, 0) is 18.6 Å². The molecule has 0 spiro atoms. The highest BCUT2D eigenvalue weighted by Crippen LogP contribution is 2.23. The highest BCUT2D eigenvalue weighted by molar-refractivity contribution is 7.13. The maximum atomic E-state index is 11.7. The molecule has 6 heteroatoms. The Morgan fingerprint density at radius 3 is 3.16 bits per heavy atom. The first-order valence-corrected chi connectivity index (χ1v) is 7.10. The smallest absolute Gasteiger partial charge is 0.237 e. The number of carbonyl (C=O) groups is 1. The minimum absolute atomic E-state index is 0.130. The molecule has 0 radical (unpaired) electrons. The lowest BCUT2D eigenvalue weighted by Crippen LogP contribution is -2.40. The summed E-state index contributed by atoms with van der Waals surface area (Å²) in [6.45, 7) is 2.40. The van der Waals surface area contributed by atoms with Crippen molar-refractivity contribution in [1.82, 2.24) is 10.3 Å². The van der Waals surface area contributed by atoms with Gasteiger partial charge in [0.2, 0.25) is 5.91 Å². The van der Waals surface area contributed by atoms with Gasteiger partial charge >= 0.3 is 0 Å². The zero-order chi connectivity index (χ0) is 13.7. The SMILES string of the molecule is CCCC(N)C(=O)NCc1csc(-c2ccco2)n1. The van der Waals surface area contributed by atoms with Crippen LogP contribution in [0, 0.1) is 0 Å². The Kier molecular flexibility index (Phi) is 4.70. The van der Waals surface area contributed by atoms with E-state index < -0.39 is 6.04 Å². The van der Waals surface area contributed by atoms with E-state index >= 15 is 0 Å². The molecule has 1 atom stereocenters. The third-order valence-electron chi connectivity index (χ3n) is 2.66. The van der Waals surface area contributed by atoms with Gasteiger partial charge < -0.3 is 15.5 Å². The van der Waals surface area contributed by atoms with Crippen molar-refractivity contribution < 1.29 is 9.21 Å². The van der Waals surface area contributed by atoms with Crippen molar-refractivity contribution in [3.05, 3.63) is 29.5 Å². The minimum Gasteiger partial charge on any atom is -0.462 e. The summed E-state index contributed by atoms with van der Waals surface area (Å²) in [5, 5.41) is 5.51. The average Bonchev–Trinajstić information content (AvgIpc) is 3.06. The largest absolute Gasteiger partial charge is 0.462 e. The lowest BCUT2D eigenvalue weighted by Gasteiger charge is -2.09. The van der Waals surface area contributed by atoms with Gasteiger partial charge in [0.1, 0.15) is 0 Å². The van der Waals surface area contributed by atoms with Gasteiger partial charge in [0.15, 0.2) is 10.8 Å². The first kappa shape index (κ1) is 13.8. The van der Waals surface area contributed by atoms with Crippen LogP contribution < -0.4 is 11.1 Å². The van der Waals surface area contributed by atoms with Gasteiger partial charge in [-0.2, -0.15) is 0 Å². The van der Waals surface area contributed by atoms with Crippen LogP contribution in [0.25, 0.3) is 10.8 Å². The summed E-state index contributed by atoms with van der Waals surface area (Å²) in [6.07, 6.45) is 3.20. The summed E-state index contributed by atoms with van der Waals surface area (Å²) in [5.74, 6) is 0.611. The van der Waals surface area contributed by atoms with Crippen LogP contribution in [-0.4, -0.2) is 16.9 Å². The average molecular weight is 279 g/mol. The normalized spacial score (nSPS) is 12.3. The number of nitrogens with two attached hydrogens (primary N) is 1. The predicted molar refractivity (Wildman–Crippen MR) is 74.5 cm³/mol. The number of furan rings is 1. The summed E-state index contributed by atoms with van der Waals surface area (Å²) in [4.78, 5) is 16.1. The van der Waals surface area contributed by atoms with Crippen molar-refractivity contribution in [2.24, 2.45) is 5.73 Å². The summed E-state index contributed by atoms with van der Waals surface area (Å²) in [7, 11) is 0. The van der Waals surface area contributed by atoms with Crippen LogP contribution in [0.5, 0.6) is 0 Å². The molecule has 0 fully saturated rings. The fourth-order valence-electron chi connectivity index (χ4n) is 1.65. The molecule has 5 nitrogen and oxygen atoms in total. The molecule has 3 N–H and O–H groups in total. The molecule has 2 heterocycles. The number of nitrogens with one attached hydrogen (secondary N) is 1. The Hall–Kier alpha value is -1.66. The van der Waals surface area contributed by atoms with E-state index in [0.29, 0.717) is 13.0 Å². The molecule has 0 saturated carbocycles. The highest BCUT2D eigenvalue weighted by atomic mass is 32.1. The molecule has 2 aromatic rings. The van der Waals surface area contributed by atoms with Gasteiger partial charge in [-0.1, -0.05) is 13.3 Å². The van der Waals surface area contributed by atoms with Crippen molar-refractivity contribution in [2.45, 2.75) is 32.4 Å². The van der Waals surface area contributed by atoms with Crippen LogP contribution in [-0.2, 0) is 11.3 Å². The van der Waals surface area contributed by atoms with Crippen molar-refractivity contribution >= 4 is 17.2 Å². The number of amides is 1. The van der Waals surface area contributed by atoms with Crippen molar-refractivity contribution in [3.63, 3.8) is 0 Å². The lowest BCUT2D eigenvalue weighted by molar-refractivity contribution is -0.122. The molecule has 102 valence electrons. The molecule has 1 amide bonds. The van der Waals surface area contributed by atoms with Crippen LogP contribution in [0.4, 0.5) is 0 Å². The van der Waals surface area contributed by atoms with Crippen molar-refractivity contribution in [3.8, 4) is 10.8 Å². The number of hydrogen-bond donors (Lipinski definition) is 2. The second kappa shape index (κ2) is 6.49. The van der Waals surface area contributed by atoms with Crippen LogP contribution in [0.2, 0.25) is 0 Å². The van der Waals surface area contributed by atoms with Gasteiger partial charge in [-0.25, -0.2) is 4.98 Å². The van der Waals surface area contributed by atoms with Gasteiger partial charge in [0.25, 0.3) is 0 Å². The number of nitrogens with zero attached hydrogens (tertiary/aromatic N) is 1. The van der Waals surface area contributed by atoms with Gasteiger partial charge in [0, 0.05) is 5.38 Å². The van der Waals surface area contributed by atoms with Crippen molar-refractivity contribution in [2.75, 3.05) is 0 Å². The van der Waals surface area contributed by atoms with E-state index in [1.807, 2.05) is 24.4 Å². The zero-order valence-corrected chi connectivity index (χ0v) is 11.6. The number of thiazole rings is 1. The first-order chi connectivity index (χ1) is 9.20. The van der Waals surface area contributed by atoms with Gasteiger partial charge in [-0.15, -0.1) is 11.3 Å². The molecule has 0 aliphatic carbocycles. The van der Waals surface area contributed by atoms with E-state index in [1.165, 1.54) is 11.3 Å². The summed E-state index contributed by atoms with van der Waals surface area (Å²) >= 11 is 1.49. The molecule has 1 unspecified atom stereocenters. The fourth-order valence-corrected chi connectivity index (χ4v) is 2.44. The zero-order valence-electron chi connectivity index (χ0n) is 10.8. The Morgan fingerprint density at radius 2 is 2.47 bits per heavy atom. The molecular weight excluding hydrogens is 262 g/mol. The number of rotatable bonds is 6. The van der Waals surface area contributed by atoms with E-state index in [0.717, 1.165) is 22.9 Å². The highest BCUT2D eigenvalue weighted by Gasteiger charge is 2.13. The van der Waals surface area contributed by atoms with Crippen LogP contribution in [0.15, 0.2) is 28.2 Å². The van der Waals surface area contributed by atoms with E-state index in [9.17, 15) is 4.79 Å². The van der Waals surface area contributed by atoms with E-state index in [1.54, 1.807) is 6.26 Å². The van der Waals surface area contributed by atoms with E-state index in [-0.39, 0.29) is 5.91 Å². The molecule has 0 aromatic carbocycles. The molecule has 0 bridgehead atoms. The number of aromatic nitrogens is 1. The minimum atomic E-state index is -0.437. The molecule has 2 aromatic heterocycles. The monoisotopic (exact) mass is 279 g/mol. The number of carbonyl (C=O) groups excluding carboxylic acids is 1. The van der Waals surface area contributed by atoms with Crippen LogP contribution in [0.3, 0.4) is 0 Å². The molecule has 0 saturated heterocycles. The topological polar surface area (TPSA) is 81.2 Å². The Balaban J connectivity index is 1.89. The molecule has 0 aliphatic rings. The number of hydrogen-bond acceptors (Lipinski definition) is 5. The molecular formula is C13H17N3O2S. The maximum absolute atomic E-state index is 11.7. The Morgan fingerprint density at radius 1 is 1.63 bits per heavy atom. The molecule has 2 rings (SSSR count). The second-order valence-electron chi connectivity index (χ2n) is 4.23. The third kappa shape index (κ3) is 3.65. The van der Waals surface area contributed by atoms with Crippen LogP contribution in [0.1, 0.15) is 25.5 Å². The Labute approximate surface area is 115 Å². The standard InChI is InChI=1S/C13H17N3O2S/c1-2-4-10(14)12(17)15-7-9-8-19-13(16-9)11-5-3-6-18-11/h3,5-6,8,10H,2,4,7,14H2,1H3,(H,15,17). The second-order valence-corrected chi connectivity index (χ2v) is 5.09. The maximum Gasteiger partial charge on any atom is 0.237 e. The fraction of sp³-hybridized carbons (Fsp3) is 0.385. The molecule has 19 heavy (non-hydrogen) atoms. The quantitative estimate of drug-likeness (QED) is 0.849. The van der Waals surface area contributed by atoms with E-state index in [2.05, 4.69) is 10.3 Å². The van der Waals surface area contributed by atoms with Gasteiger partial charge in [-0.3, -0.25) is 4.79 Å². The first-order valence-electron chi connectivity index (χ1n) is 6.22. The third-order valence-corrected chi connectivity index (χ3v) is 3.57. The van der Waals surface area contributed by atoms with Crippen LogP contribution >= 0.6 is 11.3 Å². The van der Waals surface area contributed by atoms with Crippen molar-refractivity contribution in [1.29, 1.82) is 0 Å². The summed E-state index contributed by atoms with van der Waals surface area (Å²) in [5.41, 5.74) is 6.54. The lowest BCUT2D eigenvalue weighted by atomic mass is 10.2. The Bertz CT molecular complexity index is 522.